The number of H-pyrrole nitrogens is 2. The van der Waals surface area contributed by atoms with Gasteiger partial charge in [0.1, 0.15) is 5.75 Å². The molecule has 1 unspecified atom stereocenters. The van der Waals surface area contributed by atoms with Gasteiger partial charge in [0, 0.05) is 49.3 Å². The molecule has 3 aromatic rings. The predicted molar refractivity (Wildman–Crippen MR) is 155 cm³/mol. The van der Waals surface area contributed by atoms with Crippen molar-refractivity contribution in [3.63, 3.8) is 0 Å². The van der Waals surface area contributed by atoms with Crippen LogP contribution in [0.15, 0.2) is 60.9 Å². The van der Waals surface area contributed by atoms with Gasteiger partial charge in [0.2, 0.25) is 0 Å². The molecule has 0 radical (unpaired) electrons. The molecule has 3 heterocycles. The summed E-state index contributed by atoms with van der Waals surface area (Å²) in [5.74, 6) is 1.82. The molecular formula is C18H28B10N2O. The van der Waals surface area contributed by atoms with Crippen molar-refractivity contribution in [3.8, 4) is 5.75 Å². The quantitative estimate of drug-likeness (QED) is 0.373. The summed E-state index contributed by atoms with van der Waals surface area (Å²) in [7, 11) is 12.0. The van der Waals surface area contributed by atoms with Crippen molar-refractivity contribution >= 4 is 70.8 Å². The molecule has 2 aromatic heterocycles. The molecule has 4 rings (SSSR count). The van der Waals surface area contributed by atoms with E-state index in [-0.39, 0.29) is 5.92 Å². The van der Waals surface area contributed by atoms with Gasteiger partial charge in [0.05, 0.1) is 57.8 Å². The van der Waals surface area contributed by atoms with Crippen molar-refractivity contribution in [3.05, 3.63) is 77.9 Å². The Morgan fingerprint density at radius 3 is 2.16 bits per heavy atom. The third-order valence-corrected chi connectivity index (χ3v) is 7.42. The van der Waals surface area contributed by atoms with Gasteiger partial charge >= 0.3 is 0 Å². The Kier molecular flexibility index (Phi) is 7.08. The van der Waals surface area contributed by atoms with Crippen molar-refractivity contribution in [2.45, 2.75) is 18.1 Å². The van der Waals surface area contributed by atoms with Gasteiger partial charge in [-0.1, -0.05) is 18.5 Å². The van der Waals surface area contributed by atoms with Crippen LogP contribution < -0.4 is 4.74 Å². The first kappa shape index (κ1) is 22.4. The topological polar surface area (TPSA) is 40.8 Å². The van der Waals surface area contributed by atoms with E-state index >= 15 is 0 Å². The van der Waals surface area contributed by atoms with Gasteiger partial charge in [-0.3, -0.25) is 0 Å². The summed E-state index contributed by atoms with van der Waals surface area (Å²) in [5.41, 5.74) is 3.61. The summed E-state index contributed by atoms with van der Waals surface area (Å²) in [6, 6.07) is 17.0. The van der Waals surface area contributed by atoms with Crippen LogP contribution in [0.4, 0.5) is 0 Å². The zero-order valence-electron chi connectivity index (χ0n) is 19.6. The van der Waals surface area contributed by atoms with E-state index in [2.05, 4.69) is 97.2 Å². The Morgan fingerprint density at radius 1 is 0.935 bits per heavy atom. The maximum Gasteiger partial charge on any atom is 0.119 e. The minimum absolute atomic E-state index is 0.152. The lowest BCUT2D eigenvalue weighted by molar-refractivity contribution is 0.326. The third kappa shape index (κ3) is 5.18. The molecule has 31 heavy (non-hydrogen) atoms. The molecule has 1 fully saturated rings. The largest absolute Gasteiger partial charge is 0.494 e. The first-order valence-electron chi connectivity index (χ1n) is 11.9. The second-order valence-corrected chi connectivity index (χ2v) is 10.2. The number of benzene rings is 1. The molecule has 1 atom stereocenters. The molecule has 2 N–H and O–H groups in total. The van der Waals surface area contributed by atoms with Crippen LogP contribution in [0.1, 0.15) is 22.9 Å². The maximum absolute atomic E-state index is 6.34. The average molecular weight is 397 g/mol. The van der Waals surface area contributed by atoms with Gasteiger partial charge in [-0.05, 0) is 47.8 Å². The lowest BCUT2D eigenvalue weighted by Crippen LogP contribution is -2.63. The van der Waals surface area contributed by atoms with E-state index in [1.165, 1.54) is 23.3 Å². The van der Waals surface area contributed by atoms with Crippen LogP contribution in [0.5, 0.6) is 5.75 Å². The van der Waals surface area contributed by atoms with Gasteiger partial charge in [-0.15, -0.1) is 0 Å². The van der Waals surface area contributed by atoms with E-state index in [0.717, 1.165) is 44.5 Å². The van der Waals surface area contributed by atoms with Gasteiger partial charge in [0.15, 0.2) is 0 Å². The minimum atomic E-state index is 0.152. The monoisotopic (exact) mass is 398 g/mol. The summed E-state index contributed by atoms with van der Waals surface area (Å²) in [5, 5.41) is 0. The number of nitrogens with one attached hydrogen (secondary N) is 2. The van der Waals surface area contributed by atoms with Crippen LogP contribution in [0, 0.1) is 0 Å². The van der Waals surface area contributed by atoms with E-state index < -0.39 is 0 Å². The molecule has 0 bridgehead atoms. The van der Waals surface area contributed by atoms with E-state index in [4.69, 9.17) is 4.74 Å². The Bertz CT molecular complexity index is 918. The van der Waals surface area contributed by atoms with Crippen LogP contribution in [0.2, 0.25) is 12.1 Å². The highest BCUT2D eigenvalue weighted by Crippen LogP contribution is 2.40. The highest BCUT2D eigenvalue weighted by atomic mass is 16.5. The van der Waals surface area contributed by atoms with Gasteiger partial charge < -0.3 is 14.7 Å². The highest BCUT2D eigenvalue weighted by molar-refractivity contribution is 8.01. The lowest BCUT2D eigenvalue weighted by atomic mass is 8.57. The zero-order valence-corrected chi connectivity index (χ0v) is 19.6. The Morgan fingerprint density at radius 2 is 1.61 bits per heavy atom. The second-order valence-electron chi connectivity index (χ2n) is 10.2. The molecular weight excluding hydrogens is 368 g/mol. The van der Waals surface area contributed by atoms with Crippen LogP contribution in [0.3, 0.4) is 0 Å². The van der Waals surface area contributed by atoms with Crippen molar-refractivity contribution in [1.29, 1.82) is 0 Å². The summed E-state index contributed by atoms with van der Waals surface area (Å²) < 4.78 is 6.34. The van der Waals surface area contributed by atoms with Crippen molar-refractivity contribution in [2.75, 3.05) is 6.61 Å². The van der Waals surface area contributed by atoms with Crippen molar-refractivity contribution in [2.24, 2.45) is 0 Å². The van der Waals surface area contributed by atoms with Crippen molar-refractivity contribution < 1.29 is 4.74 Å². The van der Waals surface area contributed by atoms with Crippen LogP contribution in [-0.2, 0) is 0 Å². The normalized spacial score (nSPS) is 15.0. The molecule has 1 aliphatic heterocycles. The number of rotatable bonds is 10. The molecule has 146 valence electrons. The average Bonchev–Trinajstić information content (AvgIpc) is 3.14. The highest BCUT2D eigenvalue weighted by Gasteiger charge is 2.50. The van der Waals surface area contributed by atoms with Crippen LogP contribution >= 0.6 is 0 Å². The van der Waals surface area contributed by atoms with E-state index in [1.54, 1.807) is 0 Å². The smallest absolute Gasteiger partial charge is 0.119 e. The van der Waals surface area contributed by atoms with Crippen LogP contribution in [-0.4, -0.2) is 87.4 Å². The summed E-state index contributed by atoms with van der Waals surface area (Å²) in [4.78, 5) is 6.78. The molecule has 0 amide bonds. The molecule has 0 spiro atoms. The molecule has 0 saturated carbocycles. The van der Waals surface area contributed by atoms with Crippen LogP contribution in [0.25, 0.3) is 0 Å². The molecule has 1 saturated heterocycles. The molecule has 3 nitrogen and oxygen atoms in total. The van der Waals surface area contributed by atoms with Gasteiger partial charge in [-0.25, -0.2) is 0 Å². The summed E-state index contributed by atoms with van der Waals surface area (Å²) in [6.07, 6.45) is 8.32. The lowest BCUT2D eigenvalue weighted by Gasteiger charge is -2.24. The summed E-state index contributed by atoms with van der Waals surface area (Å²) in [6.45, 7) is 1.64. The zero-order chi connectivity index (χ0) is 22.0. The van der Waals surface area contributed by atoms with E-state index in [9.17, 15) is 0 Å². The van der Waals surface area contributed by atoms with Gasteiger partial charge in [-0.2, -0.15) is 0 Å². The van der Waals surface area contributed by atoms with E-state index in [0.29, 0.717) is 5.82 Å². The fourth-order valence-electron chi connectivity index (χ4n) is 5.43. The SMILES string of the molecule is BB(B)B(B)B(B(B)B)B1CC1COc1cccc(C(c2ccc[nH]2)c2ccc[nH]2)c1. The second kappa shape index (κ2) is 9.79. The molecule has 1 aromatic carbocycles. The number of aromatic amines is 2. The molecule has 0 aliphatic carbocycles. The minimum Gasteiger partial charge on any atom is -0.494 e. The first-order chi connectivity index (χ1) is 15.0. The first-order valence-corrected chi connectivity index (χ1v) is 11.9. The fourth-order valence-corrected chi connectivity index (χ4v) is 5.43. The van der Waals surface area contributed by atoms with Crippen molar-refractivity contribution in [1.82, 2.24) is 9.97 Å². The number of hydrogen-bond acceptors (Lipinski definition) is 1. The summed E-state index contributed by atoms with van der Waals surface area (Å²) >= 11 is 0. The third-order valence-electron chi connectivity index (χ3n) is 7.42. The van der Waals surface area contributed by atoms with Gasteiger partial charge in [0.25, 0.3) is 0 Å². The van der Waals surface area contributed by atoms with E-state index in [1.807, 2.05) is 12.4 Å². The molecule has 1 aliphatic rings. The number of hydrogen-bond donors (Lipinski definition) is 2. The maximum atomic E-state index is 6.34. The Labute approximate surface area is 193 Å². The number of aromatic nitrogens is 2. The Hall–Kier alpha value is -1.77. The Balaban J connectivity index is 1.44. The predicted octanol–water partition coefficient (Wildman–Crippen LogP) is -2.28. The fraction of sp³-hybridized carbons (Fsp3) is 0.222. The number of ether oxygens (including phenoxy) is 1. The standard InChI is InChI=1S/C18H28B10N2O/c19-25(20)27(23)28(26(21)22)24-11-14(24)12-31-15-5-1-4-13(10-15)18(16-6-2-8-29-16)17-7-3-9-30-17/h1-10,14,18,29-30H,11-12,19-23H2. The molecule has 13 heteroatoms.